The number of amides is 1. The first-order valence-corrected chi connectivity index (χ1v) is 9.23. The Morgan fingerprint density at radius 1 is 1.00 bits per heavy atom. The van der Waals surface area contributed by atoms with Crippen LogP contribution in [0.3, 0.4) is 0 Å². The second-order valence-corrected chi connectivity index (χ2v) is 6.69. The van der Waals surface area contributed by atoms with Gasteiger partial charge in [0.25, 0.3) is 11.9 Å². The first kappa shape index (κ1) is 18.8. The smallest absolute Gasteiger partial charge is 0.298 e. The number of nitrogens with zero attached hydrogens (tertiary/aromatic N) is 3. The van der Waals surface area contributed by atoms with Crippen LogP contribution in [0, 0.1) is 0 Å². The Labute approximate surface area is 167 Å². The summed E-state index contributed by atoms with van der Waals surface area (Å²) < 4.78 is 16.5. The topological polar surface area (TPSA) is 85.1 Å². The number of hydrogen-bond acceptors (Lipinski definition) is 7. The minimum Gasteiger partial charge on any atom is -0.496 e. The highest BCUT2D eigenvalue weighted by Gasteiger charge is 2.30. The zero-order chi connectivity index (χ0) is 20.4. The van der Waals surface area contributed by atoms with Crippen LogP contribution in [-0.2, 0) is 4.79 Å². The number of carbonyl (C=O) groups excluding carboxylic acids is 2. The molecule has 1 aliphatic heterocycles. The van der Waals surface area contributed by atoms with Crippen LogP contribution in [-0.4, -0.2) is 62.0 Å². The number of rotatable bonds is 4. The van der Waals surface area contributed by atoms with E-state index in [9.17, 15) is 9.59 Å². The molecule has 0 bridgehead atoms. The number of Topliss-reactive ketones (excluding diaryl/α,β-unsaturated/α-hetero) is 1. The molecule has 3 aromatic rings. The van der Waals surface area contributed by atoms with Crippen LogP contribution >= 0.6 is 0 Å². The Kier molecular flexibility index (Phi) is 5.07. The van der Waals surface area contributed by atoms with Gasteiger partial charge in [0.1, 0.15) is 22.6 Å². The van der Waals surface area contributed by atoms with Gasteiger partial charge in [0.05, 0.1) is 27.3 Å². The van der Waals surface area contributed by atoms with Crippen LogP contribution in [0.15, 0.2) is 46.9 Å². The van der Waals surface area contributed by atoms with Gasteiger partial charge in [-0.25, -0.2) is 0 Å². The number of benzene rings is 2. The zero-order valence-electron chi connectivity index (χ0n) is 16.3. The van der Waals surface area contributed by atoms with Gasteiger partial charge < -0.3 is 23.7 Å². The molecular weight excluding hydrogens is 374 g/mol. The fraction of sp³-hybridized carbons (Fsp3) is 0.286. The van der Waals surface area contributed by atoms with Crippen molar-refractivity contribution in [3.05, 3.63) is 48.0 Å². The molecule has 0 atom stereocenters. The number of carbonyl (C=O) groups is 2. The molecular formula is C21H21N3O5. The molecule has 1 amide bonds. The summed E-state index contributed by atoms with van der Waals surface area (Å²) in [7, 11) is 2.99. The first-order valence-electron chi connectivity index (χ1n) is 9.23. The second-order valence-electron chi connectivity index (χ2n) is 6.69. The highest BCUT2D eigenvalue weighted by atomic mass is 16.5. The predicted molar refractivity (Wildman–Crippen MR) is 107 cm³/mol. The van der Waals surface area contributed by atoms with E-state index in [4.69, 9.17) is 13.9 Å². The van der Waals surface area contributed by atoms with E-state index in [-0.39, 0.29) is 24.8 Å². The predicted octanol–water partition coefficient (Wildman–Crippen LogP) is 2.38. The lowest BCUT2D eigenvalue weighted by Crippen LogP contribution is -2.36. The number of oxazole rings is 1. The minimum atomic E-state index is -0.313. The quantitative estimate of drug-likeness (QED) is 0.670. The summed E-state index contributed by atoms with van der Waals surface area (Å²) in [6.45, 7) is 0.878. The van der Waals surface area contributed by atoms with E-state index < -0.39 is 0 Å². The van der Waals surface area contributed by atoms with Crippen molar-refractivity contribution in [3.63, 3.8) is 0 Å². The molecule has 0 radical (unpaired) electrons. The van der Waals surface area contributed by atoms with Gasteiger partial charge in [0.15, 0.2) is 11.4 Å². The zero-order valence-corrected chi connectivity index (χ0v) is 16.3. The van der Waals surface area contributed by atoms with E-state index >= 15 is 0 Å². The lowest BCUT2D eigenvalue weighted by atomic mass is 10.1. The Balaban J connectivity index is 1.59. The molecule has 1 fully saturated rings. The monoisotopic (exact) mass is 395 g/mol. The molecule has 0 saturated carbocycles. The third kappa shape index (κ3) is 3.61. The summed E-state index contributed by atoms with van der Waals surface area (Å²) >= 11 is 0. The van der Waals surface area contributed by atoms with Crippen LogP contribution in [0.25, 0.3) is 11.1 Å². The van der Waals surface area contributed by atoms with Crippen molar-refractivity contribution in [2.45, 2.75) is 0 Å². The van der Waals surface area contributed by atoms with Crippen molar-refractivity contribution < 1.29 is 23.5 Å². The van der Waals surface area contributed by atoms with Gasteiger partial charge >= 0.3 is 0 Å². The molecule has 0 unspecified atom stereocenters. The number of methoxy groups -OCH3 is 2. The number of ether oxygens (including phenoxy) is 2. The summed E-state index contributed by atoms with van der Waals surface area (Å²) in [4.78, 5) is 33.5. The largest absolute Gasteiger partial charge is 0.496 e. The average Bonchev–Trinajstić information content (AvgIpc) is 3.08. The maximum absolute atomic E-state index is 13.2. The molecule has 1 aliphatic rings. The van der Waals surface area contributed by atoms with Crippen LogP contribution in [0.2, 0.25) is 0 Å². The van der Waals surface area contributed by atoms with Crippen LogP contribution in [0.1, 0.15) is 10.4 Å². The Morgan fingerprint density at radius 2 is 1.72 bits per heavy atom. The Bertz CT molecular complexity index is 1010. The average molecular weight is 395 g/mol. The molecule has 4 rings (SSSR count). The molecule has 1 saturated heterocycles. The van der Waals surface area contributed by atoms with E-state index in [1.807, 2.05) is 24.3 Å². The van der Waals surface area contributed by atoms with Gasteiger partial charge in [-0.05, 0) is 24.3 Å². The molecule has 2 heterocycles. The molecule has 2 aromatic carbocycles. The molecule has 150 valence electrons. The highest BCUT2D eigenvalue weighted by molar-refractivity contribution is 6.02. The standard InChI is InChI=1S/C21H21N3O5/c1-27-17-8-5-9-18(28-2)19(17)20(26)23-10-11-24(13-14(25)12-23)21-22-15-6-3-4-7-16(15)29-21/h3-9H,10-13H2,1-2H3. The van der Waals surface area contributed by atoms with Gasteiger partial charge in [-0.2, -0.15) is 4.98 Å². The SMILES string of the molecule is COc1cccc(OC)c1C(=O)N1CCN(c2nc3ccccc3o2)CC(=O)C1. The van der Waals surface area contributed by atoms with Crippen LogP contribution in [0.5, 0.6) is 11.5 Å². The number of hydrogen-bond donors (Lipinski definition) is 0. The van der Waals surface area contributed by atoms with Crippen molar-refractivity contribution in [2.24, 2.45) is 0 Å². The van der Waals surface area contributed by atoms with Gasteiger partial charge in [0.2, 0.25) is 0 Å². The summed E-state index contributed by atoms with van der Waals surface area (Å²) in [5, 5.41) is 0. The first-order chi connectivity index (χ1) is 14.1. The Hall–Kier alpha value is -3.55. The third-order valence-corrected chi connectivity index (χ3v) is 4.86. The van der Waals surface area contributed by atoms with E-state index in [0.717, 1.165) is 5.52 Å². The summed E-state index contributed by atoms with van der Waals surface area (Å²) in [6, 6.07) is 12.9. The third-order valence-electron chi connectivity index (χ3n) is 4.86. The summed E-state index contributed by atoms with van der Waals surface area (Å²) in [6.07, 6.45) is 0. The minimum absolute atomic E-state index is 0.00321. The van der Waals surface area contributed by atoms with Gasteiger partial charge in [-0.3, -0.25) is 9.59 Å². The lowest BCUT2D eigenvalue weighted by molar-refractivity contribution is -0.118. The maximum atomic E-state index is 13.2. The summed E-state index contributed by atoms with van der Waals surface area (Å²) in [5.74, 6) is 0.391. The molecule has 29 heavy (non-hydrogen) atoms. The lowest BCUT2D eigenvalue weighted by Gasteiger charge is -2.22. The fourth-order valence-electron chi connectivity index (χ4n) is 3.43. The number of fused-ring (bicyclic) bond motifs is 1. The van der Waals surface area contributed by atoms with Gasteiger partial charge in [-0.1, -0.05) is 18.2 Å². The number of aromatic nitrogens is 1. The van der Waals surface area contributed by atoms with Crippen LogP contribution < -0.4 is 14.4 Å². The molecule has 8 nitrogen and oxygen atoms in total. The molecule has 0 aliphatic carbocycles. The van der Waals surface area contributed by atoms with Crippen molar-refractivity contribution in [1.29, 1.82) is 0 Å². The Morgan fingerprint density at radius 3 is 2.41 bits per heavy atom. The molecule has 8 heteroatoms. The maximum Gasteiger partial charge on any atom is 0.298 e. The van der Waals surface area contributed by atoms with Gasteiger partial charge in [0, 0.05) is 13.1 Å². The molecule has 0 spiro atoms. The number of para-hydroxylation sites is 2. The number of anilines is 1. The van der Waals surface area contributed by atoms with Crippen molar-refractivity contribution in [3.8, 4) is 11.5 Å². The normalized spacial score (nSPS) is 14.8. The van der Waals surface area contributed by atoms with E-state index in [1.165, 1.54) is 19.1 Å². The number of ketones is 1. The summed E-state index contributed by atoms with van der Waals surface area (Å²) in [5.41, 5.74) is 1.69. The van der Waals surface area contributed by atoms with E-state index in [1.54, 1.807) is 23.1 Å². The fourth-order valence-corrected chi connectivity index (χ4v) is 3.43. The van der Waals surface area contributed by atoms with Crippen LogP contribution in [0.4, 0.5) is 6.01 Å². The second kappa shape index (κ2) is 7.83. The van der Waals surface area contributed by atoms with E-state index in [0.29, 0.717) is 41.7 Å². The van der Waals surface area contributed by atoms with Crippen molar-refractivity contribution in [2.75, 3.05) is 45.3 Å². The van der Waals surface area contributed by atoms with Crippen molar-refractivity contribution >= 4 is 28.8 Å². The molecule has 0 N–H and O–H groups in total. The van der Waals surface area contributed by atoms with Gasteiger partial charge in [-0.15, -0.1) is 0 Å². The van der Waals surface area contributed by atoms with E-state index in [2.05, 4.69) is 4.98 Å². The highest BCUT2D eigenvalue weighted by Crippen LogP contribution is 2.30. The molecule has 1 aromatic heterocycles. The van der Waals surface area contributed by atoms with Crippen molar-refractivity contribution in [1.82, 2.24) is 9.88 Å².